The summed E-state index contributed by atoms with van der Waals surface area (Å²) in [5, 5.41) is 11.5. The van der Waals surface area contributed by atoms with Crippen LogP contribution in [0.3, 0.4) is 0 Å². The smallest absolute Gasteiger partial charge is 0.282 e. The van der Waals surface area contributed by atoms with Gasteiger partial charge < -0.3 is 10.3 Å². The Bertz CT molecular complexity index is 1090. The molecule has 26 heavy (non-hydrogen) atoms. The fourth-order valence-corrected chi connectivity index (χ4v) is 2.57. The summed E-state index contributed by atoms with van der Waals surface area (Å²) in [5.74, 6) is -1.17. The Labute approximate surface area is 153 Å². The Morgan fingerprint density at radius 2 is 1.85 bits per heavy atom. The number of hydrogen-bond donors (Lipinski definition) is 1. The lowest BCUT2D eigenvalue weighted by Gasteiger charge is -2.04. The van der Waals surface area contributed by atoms with E-state index in [1.165, 1.54) is 6.07 Å². The van der Waals surface area contributed by atoms with Crippen LogP contribution >= 0.6 is 15.9 Å². The highest BCUT2D eigenvalue weighted by Crippen LogP contribution is 2.27. The SMILES string of the molecule is Nc1c(-c2nc(-c3ccc(Br)cc3)no2)nnn1-c1ccc(F)cc1F. The Morgan fingerprint density at radius 3 is 2.58 bits per heavy atom. The van der Waals surface area contributed by atoms with Gasteiger partial charge in [-0.2, -0.15) is 9.67 Å². The fourth-order valence-electron chi connectivity index (χ4n) is 2.31. The van der Waals surface area contributed by atoms with Gasteiger partial charge >= 0.3 is 0 Å². The van der Waals surface area contributed by atoms with Crippen LogP contribution in [-0.4, -0.2) is 25.1 Å². The zero-order valence-electron chi connectivity index (χ0n) is 12.9. The molecule has 0 aliphatic carbocycles. The molecule has 0 aliphatic heterocycles. The number of hydrogen-bond acceptors (Lipinski definition) is 6. The van der Waals surface area contributed by atoms with Crippen molar-refractivity contribution >= 4 is 21.7 Å². The van der Waals surface area contributed by atoms with Crippen molar-refractivity contribution in [3.05, 3.63) is 58.6 Å². The molecule has 2 heterocycles. The molecular formula is C16H9BrF2N6O. The van der Waals surface area contributed by atoms with E-state index in [0.29, 0.717) is 5.82 Å². The van der Waals surface area contributed by atoms with E-state index in [-0.39, 0.29) is 23.1 Å². The van der Waals surface area contributed by atoms with Crippen LogP contribution < -0.4 is 5.73 Å². The molecule has 4 aromatic rings. The second kappa shape index (κ2) is 6.30. The van der Waals surface area contributed by atoms with Crippen molar-refractivity contribution in [2.24, 2.45) is 0 Å². The number of rotatable bonds is 3. The van der Waals surface area contributed by atoms with Gasteiger partial charge in [-0.1, -0.05) is 26.3 Å². The standard InChI is InChI=1S/C16H9BrF2N6O/c17-9-3-1-8(2-4-9)15-21-16(26-23-15)13-14(20)25(24-22-13)12-6-5-10(18)7-11(12)19/h1-7H,20H2. The molecule has 0 atom stereocenters. The summed E-state index contributed by atoms with van der Waals surface area (Å²) in [6.07, 6.45) is 0. The number of aromatic nitrogens is 5. The summed E-state index contributed by atoms with van der Waals surface area (Å²) in [4.78, 5) is 4.24. The van der Waals surface area contributed by atoms with Crippen molar-refractivity contribution in [2.45, 2.75) is 0 Å². The molecule has 4 rings (SSSR count). The number of nitrogens with two attached hydrogens (primary N) is 1. The highest BCUT2D eigenvalue weighted by Gasteiger charge is 2.21. The first-order chi connectivity index (χ1) is 12.5. The molecule has 130 valence electrons. The summed E-state index contributed by atoms with van der Waals surface area (Å²) < 4.78 is 34.2. The summed E-state index contributed by atoms with van der Waals surface area (Å²) >= 11 is 3.35. The third-order valence-electron chi connectivity index (χ3n) is 3.57. The first kappa shape index (κ1) is 16.3. The minimum absolute atomic E-state index is 0.0125. The Morgan fingerprint density at radius 1 is 1.08 bits per heavy atom. The quantitative estimate of drug-likeness (QED) is 0.545. The maximum absolute atomic E-state index is 13.9. The van der Waals surface area contributed by atoms with Crippen molar-refractivity contribution < 1.29 is 13.3 Å². The third kappa shape index (κ3) is 2.84. The molecule has 2 aromatic carbocycles. The summed E-state index contributed by atoms with van der Waals surface area (Å²) in [5.41, 5.74) is 6.78. The third-order valence-corrected chi connectivity index (χ3v) is 4.10. The first-order valence-corrected chi connectivity index (χ1v) is 8.09. The van der Waals surface area contributed by atoms with Gasteiger partial charge in [0.05, 0.1) is 0 Å². The largest absolute Gasteiger partial charge is 0.382 e. The molecule has 0 spiro atoms. The van der Waals surface area contributed by atoms with Crippen molar-refractivity contribution in [1.82, 2.24) is 25.1 Å². The van der Waals surface area contributed by atoms with E-state index >= 15 is 0 Å². The van der Waals surface area contributed by atoms with Crippen molar-refractivity contribution in [2.75, 3.05) is 5.73 Å². The van der Waals surface area contributed by atoms with Crippen LogP contribution in [0.25, 0.3) is 28.7 Å². The molecule has 0 saturated heterocycles. The van der Waals surface area contributed by atoms with Gasteiger partial charge in [-0.15, -0.1) is 5.10 Å². The van der Waals surface area contributed by atoms with E-state index in [1.807, 2.05) is 24.3 Å². The molecule has 0 amide bonds. The minimum Gasteiger partial charge on any atom is -0.382 e. The Kier molecular flexibility index (Phi) is 3.96. The lowest BCUT2D eigenvalue weighted by molar-refractivity contribution is 0.431. The summed E-state index contributed by atoms with van der Waals surface area (Å²) in [6, 6.07) is 10.3. The number of halogens is 3. The predicted molar refractivity (Wildman–Crippen MR) is 92.1 cm³/mol. The molecule has 0 saturated carbocycles. The maximum atomic E-state index is 13.9. The zero-order valence-corrected chi connectivity index (χ0v) is 14.5. The molecule has 0 unspecified atom stereocenters. The van der Waals surface area contributed by atoms with E-state index in [4.69, 9.17) is 10.3 Å². The molecule has 0 aliphatic rings. The maximum Gasteiger partial charge on any atom is 0.282 e. The van der Waals surface area contributed by atoms with E-state index in [0.717, 1.165) is 26.9 Å². The van der Waals surface area contributed by atoms with E-state index in [1.54, 1.807) is 0 Å². The molecule has 0 bridgehead atoms. The molecule has 7 nitrogen and oxygen atoms in total. The van der Waals surface area contributed by atoms with E-state index < -0.39 is 11.6 Å². The Hall–Kier alpha value is -3.14. The average Bonchev–Trinajstić information content (AvgIpc) is 3.23. The van der Waals surface area contributed by atoms with E-state index in [2.05, 4.69) is 36.4 Å². The van der Waals surface area contributed by atoms with Gasteiger partial charge in [-0.25, -0.2) is 8.78 Å². The molecule has 0 fully saturated rings. The monoisotopic (exact) mass is 418 g/mol. The van der Waals surface area contributed by atoms with Gasteiger partial charge in [-0.3, -0.25) is 0 Å². The Balaban J connectivity index is 1.72. The summed E-state index contributed by atoms with van der Waals surface area (Å²) in [7, 11) is 0. The lowest BCUT2D eigenvalue weighted by atomic mass is 10.2. The average molecular weight is 419 g/mol. The van der Waals surface area contributed by atoms with Crippen LogP contribution in [0.5, 0.6) is 0 Å². The summed E-state index contributed by atoms with van der Waals surface area (Å²) in [6.45, 7) is 0. The van der Waals surface area contributed by atoms with Gasteiger partial charge in [0.15, 0.2) is 17.3 Å². The van der Waals surface area contributed by atoms with Gasteiger partial charge in [0, 0.05) is 16.1 Å². The van der Waals surface area contributed by atoms with Crippen molar-refractivity contribution in [1.29, 1.82) is 0 Å². The molecule has 0 radical (unpaired) electrons. The fraction of sp³-hybridized carbons (Fsp3) is 0. The van der Waals surface area contributed by atoms with Gasteiger partial charge in [0.1, 0.15) is 11.5 Å². The van der Waals surface area contributed by atoms with Gasteiger partial charge in [0.2, 0.25) is 5.82 Å². The van der Waals surface area contributed by atoms with Gasteiger partial charge in [0.25, 0.3) is 5.89 Å². The van der Waals surface area contributed by atoms with Crippen LogP contribution in [0, 0.1) is 11.6 Å². The van der Waals surface area contributed by atoms with Crippen LogP contribution in [-0.2, 0) is 0 Å². The minimum atomic E-state index is -0.825. The topological polar surface area (TPSA) is 95.7 Å². The molecule has 2 N–H and O–H groups in total. The second-order valence-electron chi connectivity index (χ2n) is 5.26. The zero-order chi connectivity index (χ0) is 18.3. The van der Waals surface area contributed by atoms with Crippen LogP contribution in [0.1, 0.15) is 0 Å². The number of nitrogens with zero attached hydrogens (tertiary/aromatic N) is 5. The number of anilines is 1. The highest BCUT2D eigenvalue weighted by molar-refractivity contribution is 9.10. The van der Waals surface area contributed by atoms with Crippen molar-refractivity contribution in [3.63, 3.8) is 0 Å². The van der Waals surface area contributed by atoms with Gasteiger partial charge in [-0.05, 0) is 36.4 Å². The first-order valence-electron chi connectivity index (χ1n) is 7.29. The number of nitrogen functional groups attached to an aromatic ring is 1. The molecular weight excluding hydrogens is 410 g/mol. The normalized spacial score (nSPS) is 11.0. The van der Waals surface area contributed by atoms with Crippen LogP contribution in [0.15, 0.2) is 51.5 Å². The molecule has 10 heteroatoms. The van der Waals surface area contributed by atoms with Crippen LogP contribution in [0.4, 0.5) is 14.6 Å². The second-order valence-corrected chi connectivity index (χ2v) is 6.18. The number of benzene rings is 2. The predicted octanol–water partition coefficient (Wildman–Crippen LogP) is 3.61. The molecule has 2 aromatic heterocycles. The van der Waals surface area contributed by atoms with Crippen molar-refractivity contribution in [3.8, 4) is 28.7 Å². The lowest BCUT2D eigenvalue weighted by Crippen LogP contribution is -2.05. The van der Waals surface area contributed by atoms with Crippen LogP contribution in [0.2, 0.25) is 0 Å². The van der Waals surface area contributed by atoms with E-state index in [9.17, 15) is 8.78 Å². The highest BCUT2D eigenvalue weighted by atomic mass is 79.9.